The third-order valence-electron chi connectivity index (χ3n) is 4.17. The predicted molar refractivity (Wildman–Crippen MR) is 91.9 cm³/mol. The van der Waals surface area contributed by atoms with Crippen molar-refractivity contribution in [2.45, 2.75) is 6.92 Å². The number of aromatic nitrogens is 1. The molecule has 0 atom stereocenters. The Bertz CT molecular complexity index is 1150. The smallest absolute Gasteiger partial charge is 0.236 e. The third kappa shape index (κ3) is 1.70. The standard InChI is InChI=1S/C18H15NO2S/c1-12-6-5-7-13-10-11-16-18(17(12)13)14-8-3-4-9-15(14)19(16)22(2,20)21/h3-11H,1-2H3. The molecular weight excluding hydrogens is 294 g/mol. The molecule has 4 aromatic rings. The summed E-state index contributed by atoms with van der Waals surface area (Å²) in [6.45, 7) is 2.06. The van der Waals surface area contributed by atoms with E-state index in [1.165, 1.54) is 10.2 Å². The first-order valence-electron chi connectivity index (χ1n) is 7.10. The highest BCUT2D eigenvalue weighted by atomic mass is 32.2. The first-order valence-corrected chi connectivity index (χ1v) is 8.95. The zero-order chi connectivity index (χ0) is 15.5. The fraction of sp³-hybridized carbons (Fsp3) is 0.111. The minimum Gasteiger partial charge on any atom is -0.237 e. The van der Waals surface area contributed by atoms with E-state index >= 15 is 0 Å². The summed E-state index contributed by atoms with van der Waals surface area (Å²) < 4.78 is 26.1. The van der Waals surface area contributed by atoms with E-state index in [0.717, 1.165) is 38.1 Å². The van der Waals surface area contributed by atoms with Crippen molar-refractivity contribution in [2.24, 2.45) is 0 Å². The number of nitrogens with zero attached hydrogens (tertiary/aromatic N) is 1. The number of aryl methyl sites for hydroxylation is 1. The molecule has 0 bridgehead atoms. The quantitative estimate of drug-likeness (QED) is 0.532. The van der Waals surface area contributed by atoms with E-state index in [1.807, 2.05) is 42.5 Å². The maximum Gasteiger partial charge on any atom is 0.236 e. The number of fused-ring (bicyclic) bond motifs is 5. The van der Waals surface area contributed by atoms with Crippen LogP contribution in [0.4, 0.5) is 0 Å². The highest BCUT2D eigenvalue weighted by molar-refractivity contribution is 7.89. The van der Waals surface area contributed by atoms with Gasteiger partial charge in [-0.05, 0) is 35.4 Å². The number of rotatable bonds is 1. The largest absolute Gasteiger partial charge is 0.237 e. The fourth-order valence-electron chi connectivity index (χ4n) is 3.34. The lowest BCUT2D eigenvalue weighted by molar-refractivity contribution is 0.596. The molecule has 3 aromatic carbocycles. The van der Waals surface area contributed by atoms with Crippen LogP contribution in [0.25, 0.3) is 32.6 Å². The number of para-hydroxylation sites is 1. The van der Waals surface area contributed by atoms with Crippen molar-refractivity contribution in [3.63, 3.8) is 0 Å². The maximum atomic E-state index is 12.3. The molecular formula is C18H15NO2S. The molecule has 4 heteroatoms. The van der Waals surface area contributed by atoms with E-state index in [0.29, 0.717) is 0 Å². The molecule has 0 aliphatic heterocycles. The van der Waals surface area contributed by atoms with Gasteiger partial charge in [0.05, 0.1) is 17.3 Å². The molecule has 0 fully saturated rings. The summed E-state index contributed by atoms with van der Waals surface area (Å²) in [6.07, 6.45) is 1.25. The summed E-state index contributed by atoms with van der Waals surface area (Å²) in [6, 6.07) is 17.7. The molecule has 0 aliphatic rings. The Balaban J connectivity index is 2.44. The average Bonchev–Trinajstić information content (AvgIpc) is 2.81. The second kappa shape index (κ2) is 4.34. The van der Waals surface area contributed by atoms with Gasteiger partial charge in [-0.2, -0.15) is 0 Å². The predicted octanol–water partition coefficient (Wildman–Crippen LogP) is 4.06. The van der Waals surface area contributed by atoms with E-state index in [-0.39, 0.29) is 0 Å². The normalized spacial score (nSPS) is 12.5. The Kier molecular flexibility index (Phi) is 2.63. The van der Waals surface area contributed by atoms with Crippen molar-refractivity contribution >= 4 is 42.6 Å². The molecule has 1 aromatic heterocycles. The summed E-state index contributed by atoms with van der Waals surface area (Å²) in [7, 11) is -3.38. The minimum absolute atomic E-state index is 0.732. The average molecular weight is 309 g/mol. The molecule has 4 rings (SSSR count). The maximum absolute atomic E-state index is 12.3. The number of hydrogen-bond donors (Lipinski definition) is 0. The van der Waals surface area contributed by atoms with E-state index < -0.39 is 10.0 Å². The molecule has 0 radical (unpaired) electrons. The Hall–Kier alpha value is -2.33. The van der Waals surface area contributed by atoms with Crippen LogP contribution in [-0.2, 0) is 10.0 Å². The minimum atomic E-state index is -3.38. The van der Waals surface area contributed by atoms with Crippen molar-refractivity contribution in [3.8, 4) is 0 Å². The van der Waals surface area contributed by atoms with Crippen LogP contribution in [0.15, 0.2) is 54.6 Å². The Morgan fingerprint density at radius 3 is 2.36 bits per heavy atom. The molecule has 110 valence electrons. The van der Waals surface area contributed by atoms with Crippen LogP contribution >= 0.6 is 0 Å². The van der Waals surface area contributed by atoms with Gasteiger partial charge < -0.3 is 0 Å². The summed E-state index contributed by atoms with van der Waals surface area (Å²) in [5, 5.41) is 4.24. The van der Waals surface area contributed by atoms with Gasteiger partial charge >= 0.3 is 0 Å². The van der Waals surface area contributed by atoms with Gasteiger partial charge in [0, 0.05) is 10.8 Å². The first-order chi connectivity index (χ1) is 10.5. The van der Waals surface area contributed by atoms with Crippen LogP contribution in [-0.4, -0.2) is 18.6 Å². The monoisotopic (exact) mass is 309 g/mol. The summed E-state index contributed by atoms with van der Waals surface area (Å²) in [4.78, 5) is 0. The Labute approximate surface area is 128 Å². The van der Waals surface area contributed by atoms with Gasteiger partial charge in [-0.25, -0.2) is 12.4 Å². The summed E-state index contributed by atoms with van der Waals surface area (Å²) >= 11 is 0. The zero-order valence-corrected chi connectivity index (χ0v) is 13.2. The van der Waals surface area contributed by atoms with E-state index in [4.69, 9.17) is 0 Å². The van der Waals surface area contributed by atoms with Crippen LogP contribution in [0.2, 0.25) is 0 Å². The lowest BCUT2D eigenvalue weighted by atomic mass is 10.00. The number of benzene rings is 3. The second-order valence-corrected chi connectivity index (χ2v) is 7.51. The van der Waals surface area contributed by atoms with E-state index in [2.05, 4.69) is 19.1 Å². The second-order valence-electron chi connectivity index (χ2n) is 5.68. The van der Waals surface area contributed by atoms with Gasteiger partial charge in [-0.3, -0.25) is 0 Å². The van der Waals surface area contributed by atoms with Crippen molar-refractivity contribution in [1.82, 2.24) is 3.97 Å². The van der Waals surface area contributed by atoms with Crippen LogP contribution in [0.1, 0.15) is 5.56 Å². The van der Waals surface area contributed by atoms with Crippen molar-refractivity contribution in [2.75, 3.05) is 6.26 Å². The van der Waals surface area contributed by atoms with Crippen molar-refractivity contribution in [3.05, 3.63) is 60.2 Å². The topological polar surface area (TPSA) is 39.1 Å². The van der Waals surface area contributed by atoms with Crippen LogP contribution < -0.4 is 0 Å². The van der Waals surface area contributed by atoms with E-state index in [9.17, 15) is 8.42 Å². The van der Waals surface area contributed by atoms with Crippen molar-refractivity contribution in [1.29, 1.82) is 0 Å². The summed E-state index contributed by atoms with van der Waals surface area (Å²) in [5.74, 6) is 0. The molecule has 0 N–H and O–H groups in total. The highest BCUT2D eigenvalue weighted by Gasteiger charge is 2.18. The zero-order valence-electron chi connectivity index (χ0n) is 12.4. The Morgan fingerprint density at radius 2 is 1.59 bits per heavy atom. The Morgan fingerprint density at radius 1 is 0.818 bits per heavy atom. The molecule has 0 aliphatic carbocycles. The molecule has 0 amide bonds. The van der Waals surface area contributed by atoms with Crippen LogP contribution in [0.3, 0.4) is 0 Å². The van der Waals surface area contributed by atoms with E-state index in [1.54, 1.807) is 0 Å². The molecule has 22 heavy (non-hydrogen) atoms. The van der Waals surface area contributed by atoms with Gasteiger partial charge in [0.15, 0.2) is 0 Å². The molecule has 0 saturated heterocycles. The molecule has 1 heterocycles. The van der Waals surface area contributed by atoms with Gasteiger partial charge in [0.2, 0.25) is 10.0 Å². The highest BCUT2D eigenvalue weighted by Crippen LogP contribution is 2.36. The summed E-state index contributed by atoms with van der Waals surface area (Å²) in [5.41, 5.74) is 2.63. The third-order valence-corrected chi connectivity index (χ3v) is 5.23. The van der Waals surface area contributed by atoms with Gasteiger partial charge in [-0.1, -0.05) is 42.5 Å². The van der Waals surface area contributed by atoms with Crippen molar-refractivity contribution < 1.29 is 8.42 Å². The lowest BCUT2D eigenvalue weighted by Crippen LogP contribution is -2.09. The van der Waals surface area contributed by atoms with Gasteiger partial charge in [0.1, 0.15) is 0 Å². The lowest BCUT2D eigenvalue weighted by Gasteiger charge is -2.06. The van der Waals surface area contributed by atoms with Crippen LogP contribution in [0.5, 0.6) is 0 Å². The van der Waals surface area contributed by atoms with Gasteiger partial charge in [-0.15, -0.1) is 0 Å². The van der Waals surface area contributed by atoms with Crippen LogP contribution in [0, 0.1) is 6.92 Å². The molecule has 0 spiro atoms. The first kappa shape index (κ1) is 13.3. The number of hydrogen-bond acceptors (Lipinski definition) is 2. The molecule has 0 saturated carbocycles. The fourth-order valence-corrected chi connectivity index (χ4v) is 4.37. The SMILES string of the molecule is Cc1cccc2ccc3c(c4ccccc4n3S(C)(=O)=O)c12. The molecule has 3 nitrogen and oxygen atoms in total. The molecule has 0 unspecified atom stereocenters. The van der Waals surface area contributed by atoms with Gasteiger partial charge in [0.25, 0.3) is 0 Å².